The molecule has 0 bridgehead atoms. The lowest BCUT2D eigenvalue weighted by Gasteiger charge is -2.35. The summed E-state index contributed by atoms with van der Waals surface area (Å²) in [4.78, 5) is 40.7. The Labute approximate surface area is 229 Å². The fourth-order valence-corrected chi connectivity index (χ4v) is 4.55. The SMILES string of the molecule is CCCN1C(=O)NC(c2cccc(NC(=O)c3ccc(-c4ccccc4)cc3)c2)C(C(=O)OCC(C)C)=C1C. The molecule has 1 unspecified atom stereocenters. The van der Waals surface area contributed by atoms with Gasteiger partial charge in [-0.05, 0) is 60.2 Å². The van der Waals surface area contributed by atoms with Crippen LogP contribution >= 0.6 is 0 Å². The molecule has 0 saturated heterocycles. The zero-order valence-corrected chi connectivity index (χ0v) is 22.9. The molecular weight excluding hydrogens is 490 g/mol. The Morgan fingerprint density at radius 2 is 1.67 bits per heavy atom. The van der Waals surface area contributed by atoms with E-state index in [2.05, 4.69) is 10.6 Å². The molecule has 0 aliphatic carbocycles. The van der Waals surface area contributed by atoms with Crippen LogP contribution in [-0.4, -0.2) is 36.0 Å². The lowest BCUT2D eigenvalue weighted by molar-refractivity contribution is -0.140. The van der Waals surface area contributed by atoms with Gasteiger partial charge in [0, 0.05) is 23.5 Å². The van der Waals surface area contributed by atoms with Crippen LogP contribution in [0.1, 0.15) is 56.1 Å². The van der Waals surface area contributed by atoms with Gasteiger partial charge < -0.3 is 15.4 Å². The van der Waals surface area contributed by atoms with Crippen molar-refractivity contribution in [1.82, 2.24) is 10.2 Å². The molecule has 4 rings (SSSR count). The van der Waals surface area contributed by atoms with E-state index in [0.29, 0.717) is 34.6 Å². The van der Waals surface area contributed by atoms with Crippen LogP contribution in [0.2, 0.25) is 0 Å². The smallest absolute Gasteiger partial charge is 0.338 e. The fraction of sp³-hybridized carbons (Fsp3) is 0.281. The van der Waals surface area contributed by atoms with Crippen LogP contribution in [0.25, 0.3) is 11.1 Å². The molecule has 39 heavy (non-hydrogen) atoms. The highest BCUT2D eigenvalue weighted by molar-refractivity contribution is 6.04. The van der Waals surface area contributed by atoms with Crippen molar-refractivity contribution in [1.29, 1.82) is 0 Å². The Hall–Kier alpha value is -4.39. The normalized spacial score (nSPS) is 15.3. The number of carbonyl (C=O) groups excluding carboxylic acids is 3. The van der Waals surface area contributed by atoms with Crippen molar-refractivity contribution >= 4 is 23.6 Å². The number of anilines is 1. The van der Waals surface area contributed by atoms with Crippen LogP contribution in [-0.2, 0) is 9.53 Å². The molecule has 7 heteroatoms. The Morgan fingerprint density at radius 3 is 2.33 bits per heavy atom. The summed E-state index contributed by atoms with van der Waals surface area (Å²) in [5.74, 6) is -0.532. The number of rotatable bonds is 9. The average Bonchev–Trinajstić information content (AvgIpc) is 2.94. The van der Waals surface area contributed by atoms with Crippen molar-refractivity contribution in [2.24, 2.45) is 5.92 Å². The standard InChI is InChI=1S/C32H35N3O4/c1-5-18-35-22(4)28(31(37)39-20-21(2)3)29(34-32(35)38)26-12-9-13-27(19-26)33-30(36)25-16-14-24(15-17-25)23-10-7-6-8-11-23/h6-17,19,21,29H,5,18,20H2,1-4H3,(H,33,36)(H,34,38). The molecule has 2 N–H and O–H groups in total. The van der Waals surface area contributed by atoms with Gasteiger partial charge in [-0.25, -0.2) is 9.59 Å². The average molecular weight is 526 g/mol. The molecule has 7 nitrogen and oxygen atoms in total. The number of amides is 3. The summed E-state index contributed by atoms with van der Waals surface area (Å²) in [6, 6.07) is 23.6. The van der Waals surface area contributed by atoms with Gasteiger partial charge in [0.2, 0.25) is 0 Å². The van der Waals surface area contributed by atoms with Crippen molar-refractivity contribution in [2.75, 3.05) is 18.5 Å². The van der Waals surface area contributed by atoms with Crippen LogP contribution < -0.4 is 10.6 Å². The molecule has 1 aliphatic rings. The number of ether oxygens (including phenoxy) is 1. The lowest BCUT2D eigenvalue weighted by Crippen LogP contribution is -2.48. The maximum absolute atomic E-state index is 13.2. The van der Waals surface area contributed by atoms with Gasteiger partial charge in [0.25, 0.3) is 5.91 Å². The maximum Gasteiger partial charge on any atom is 0.338 e. The summed E-state index contributed by atoms with van der Waals surface area (Å²) >= 11 is 0. The van der Waals surface area contributed by atoms with Gasteiger partial charge in [0.05, 0.1) is 18.2 Å². The number of benzene rings is 3. The van der Waals surface area contributed by atoms with Crippen LogP contribution in [0.4, 0.5) is 10.5 Å². The summed E-state index contributed by atoms with van der Waals surface area (Å²) in [5, 5.41) is 5.90. The van der Waals surface area contributed by atoms with Crippen molar-refractivity contribution < 1.29 is 19.1 Å². The zero-order valence-electron chi connectivity index (χ0n) is 22.9. The summed E-state index contributed by atoms with van der Waals surface area (Å²) in [6.45, 7) is 8.47. The van der Waals surface area contributed by atoms with E-state index < -0.39 is 12.0 Å². The van der Waals surface area contributed by atoms with Crippen molar-refractivity contribution in [2.45, 2.75) is 40.2 Å². The van der Waals surface area contributed by atoms with E-state index in [1.807, 2.05) is 69.3 Å². The second-order valence-corrected chi connectivity index (χ2v) is 10.0. The third-order valence-electron chi connectivity index (χ3n) is 6.54. The van der Waals surface area contributed by atoms with Crippen LogP contribution in [0, 0.1) is 5.92 Å². The second kappa shape index (κ2) is 12.4. The Balaban J connectivity index is 1.57. The molecule has 0 saturated carbocycles. The first-order valence-electron chi connectivity index (χ1n) is 13.3. The molecule has 202 valence electrons. The minimum absolute atomic E-state index is 0.179. The first-order chi connectivity index (χ1) is 18.8. The van der Waals surface area contributed by atoms with Gasteiger partial charge in [-0.3, -0.25) is 9.69 Å². The third-order valence-corrected chi connectivity index (χ3v) is 6.54. The van der Waals surface area contributed by atoms with E-state index in [-0.39, 0.29) is 24.5 Å². The summed E-state index contributed by atoms with van der Waals surface area (Å²) in [5.41, 5.74) is 4.83. The first-order valence-corrected chi connectivity index (χ1v) is 13.3. The molecule has 3 amide bonds. The molecule has 3 aromatic rings. The van der Waals surface area contributed by atoms with Crippen LogP contribution in [0.15, 0.2) is 90.1 Å². The van der Waals surface area contributed by atoms with Gasteiger partial charge in [-0.2, -0.15) is 0 Å². The van der Waals surface area contributed by atoms with E-state index in [0.717, 1.165) is 17.5 Å². The second-order valence-electron chi connectivity index (χ2n) is 10.0. The first kappa shape index (κ1) is 27.6. The number of hydrogen-bond acceptors (Lipinski definition) is 4. The van der Waals surface area contributed by atoms with E-state index in [9.17, 15) is 14.4 Å². The predicted octanol–water partition coefficient (Wildman–Crippen LogP) is 6.56. The largest absolute Gasteiger partial charge is 0.462 e. The summed E-state index contributed by atoms with van der Waals surface area (Å²) < 4.78 is 5.58. The highest BCUT2D eigenvalue weighted by Gasteiger charge is 2.36. The van der Waals surface area contributed by atoms with E-state index in [1.165, 1.54) is 0 Å². The fourth-order valence-electron chi connectivity index (χ4n) is 4.55. The van der Waals surface area contributed by atoms with Crippen molar-refractivity contribution in [3.63, 3.8) is 0 Å². The summed E-state index contributed by atoms with van der Waals surface area (Å²) in [6.07, 6.45) is 0.748. The third kappa shape index (κ3) is 6.55. The maximum atomic E-state index is 13.2. The molecule has 1 heterocycles. The molecule has 1 aliphatic heterocycles. The Morgan fingerprint density at radius 1 is 0.974 bits per heavy atom. The molecule has 0 fully saturated rings. The molecular formula is C32H35N3O4. The van der Waals surface area contributed by atoms with Crippen molar-refractivity contribution in [3.05, 3.63) is 101 Å². The van der Waals surface area contributed by atoms with Crippen molar-refractivity contribution in [3.8, 4) is 11.1 Å². The highest BCUT2D eigenvalue weighted by atomic mass is 16.5. The van der Waals surface area contributed by atoms with Crippen LogP contribution in [0.3, 0.4) is 0 Å². The van der Waals surface area contributed by atoms with Gasteiger partial charge in [-0.15, -0.1) is 0 Å². The number of hydrogen-bond donors (Lipinski definition) is 2. The number of urea groups is 1. The predicted molar refractivity (Wildman–Crippen MR) is 153 cm³/mol. The zero-order chi connectivity index (χ0) is 27.9. The molecule has 0 aromatic heterocycles. The summed E-state index contributed by atoms with van der Waals surface area (Å²) in [7, 11) is 0. The van der Waals surface area contributed by atoms with E-state index >= 15 is 0 Å². The lowest BCUT2D eigenvalue weighted by atomic mass is 9.94. The van der Waals surface area contributed by atoms with Gasteiger partial charge in [0.15, 0.2) is 0 Å². The van der Waals surface area contributed by atoms with Gasteiger partial charge in [0.1, 0.15) is 0 Å². The molecule has 1 atom stereocenters. The monoisotopic (exact) mass is 525 g/mol. The van der Waals surface area contributed by atoms with Crippen LogP contribution in [0.5, 0.6) is 0 Å². The Bertz CT molecular complexity index is 1360. The topological polar surface area (TPSA) is 87.7 Å². The van der Waals surface area contributed by atoms with E-state index in [4.69, 9.17) is 4.74 Å². The number of allylic oxidation sites excluding steroid dienone is 1. The number of nitrogens with zero attached hydrogens (tertiary/aromatic N) is 1. The number of esters is 1. The number of nitrogens with one attached hydrogen (secondary N) is 2. The Kier molecular flexibility index (Phi) is 8.81. The van der Waals surface area contributed by atoms with E-state index in [1.54, 1.807) is 42.2 Å². The quantitative estimate of drug-likeness (QED) is 0.310. The van der Waals surface area contributed by atoms with Gasteiger partial charge >= 0.3 is 12.0 Å². The highest BCUT2D eigenvalue weighted by Crippen LogP contribution is 2.33. The molecule has 3 aromatic carbocycles. The minimum atomic E-state index is -0.702. The van der Waals surface area contributed by atoms with Gasteiger partial charge in [-0.1, -0.05) is 75.4 Å². The number of carbonyl (C=O) groups is 3. The minimum Gasteiger partial charge on any atom is -0.462 e. The molecule has 0 spiro atoms. The molecule has 0 radical (unpaired) electrons.